The maximum absolute atomic E-state index is 14.4. The highest BCUT2D eigenvalue weighted by Crippen LogP contribution is 2.42. The number of thiocarbonyl (C=S) groups is 1. The van der Waals surface area contributed by atoms with Gasteiger partial charge in [-0.3, -0.25) is 43.0 Å². The molecule has 1 fully saturated rings. The Bertz CT molecular complexity index is 4590. The first-order valence-electron chi connectivity index (χ1n) is 37.3. The molecule has 2 aliphatic heterocycles. The monoisotopic (exact) mass is 1420 g/mol. The Morgan fingerprint density at radius 2 is 1.25 bits per heavy atom. The molecule has 6 aromatic carbocycles. The van der Waals surface area contributed by atoms with Crippen molar-refractivity contribution in [1.82, 2.24) is 34.5 Å². The van der Waals surface area contributed by atoms with Crippen LogP contribution in [0, 0.1) is 33.5 Å². The minimum absolute atomic E-state index is 0.00110. The van der Waals surface area contributed by atoms with Crippen molar-refractivity contribution in [2.24, 2.45) is 40.5 Å². The van der Waals surface area contributed by atoms with Crippen LogP contribution in [0.1, 0.15) is 191 Å². The third kappa shape index (κ3) is 20.1. The Kier molecular flexibility index (Phi) is 23.9. The Labute approximate surface area is 619 Å². The van der Waals surface area contributed by atoms with E-state index in [1.165, 1.54) is 45.5 Å². The second kappa shape index (κ2) is 32.9. The van der Waals surface area contributed by atoms with E-state index in [9.17, 15) is 28.8 Å². The number of ketones is 1. The average Bonchev–Trinajstić information content (AvgIpc) is 1.59. The van der Waals surface area contributed by atoms with Crippen molar-refractivity contribution >= 4 is 79.5 Å². The number of hydrogen-bond acceptors (Lipinski definition) is 11. The summed E-state index contributed by atoms with van der Waals surface area (Å²) in [6.45, 7) is 37.3. The average molecular weight is 1420 g/mol. The molecule has 11 rings (SSSR count). The van der Waals surface area contributed by atoms with E-state index in [-0.39, 0.29) is 80.7 Å². The van der Waals surface area contributed by atoms with Crippen molar-refractivity contribution in [2.45, 2.75) is 174 Å². The van der Waals surface area contributed by atoms with E-state index < -0.39 is 22.6 Å². The summed E-state index contributed by atoms with van der Waals surface area (Å²) < 4.78 is 28.7. The summed E-state index contributed by atoms with van der Waals surface area (Å²) in [5.74, 6) is 1.90. The number of carbonyl (C=O) groups excluding carboxylic acids is 4. The Morgan fingerprint density at radius 1 is 0.696 bits per heavy atom. The molecule has 18 heteroatoms. The number of aromatic amines is 1. The molecule has 3 aromatic heterocycles. The molecule has 102 heavy (non-hydrogen) atoms. The molecule has 0 radical (unpaired) electrons. The highest BCUT2D eigenvalue weighted by molar-refractivity contribution is 7.80. The minimum atomic E-state index is -0.680. The Hall–Kier alpha value is -9.13. The van der Waals surface area contributed by atoms with Crippen LogP contribution in [-0.2, 0) is 40.7 Å². The lowest BCUT2D eigenvalue weighted by Crippen LogP contribution is -2.47. The van der Waals surface area contributed by atoms with Crippen molar-refractivity contribution in [1.29, 1.82) is 0 Å². The highest BCUT2D eigenvalue weighted by Gasteiger charge is 2.42. The van der Waals surface area contributed by atoms with Gasteiger partial charge in [-0.05, 0) is 145 Å². The first kappa shape index (κ1) is 74.1. The summed E-state index contributed by atoms with van der Waals surface area (Å²) in [6.07, 6.45) is 3.37. The summed E-state index contributed by atoms with van der Waals surface area (Å²) in [5.41, 5.74) is 8.20. The number of benzene rings is 6. The molecule has 9 aromatic rings. The molecule has 0 aliphatic carbocycles. The molecule has 542 valence electrons. The number of rotatable bonds is 16. The van der Waals surface area contributed by atoms with E-state index in [1.807, 2.05) is 190 Å². The van der Waals surface area contributed by atoms with Gasteiger partial charge in [0.2, 0.25) is 11.8 Å². The number of aromatic nitrogens is 5. The first-order chi connectivity index (χ1) is 49.6. The lowest BCUT2D eigenvalue weighted by Gasteiger charge is -2.32. The molecule has 2 atom stereocenters. The molecule has 5 heterocycles. The smallest absolute Gasteiger partial charge is 0.329 e. The molecule has 0 saturated carbocycles. The summed E-state index contributed by atoms with van der Waals surface area (Å²) in [5, 5.41) is 16.6. The number of H-pyrrole nitrogens is 1. The van der Waals surface area contributed by atoms with Crippen LogP contribution in [-0.4, -0.2) is 83.5 Å². The number of para-hydroxylation sites is 3. The van der Waals surface area contributed by atoms with Crippen molar-refractivity contribution in [3.05, 3.63) is 223 Å². The van der Waals surface area contributed by atoms with E-state index >= 15 is 0 Å². The number of thiophene rings is 1. The predicted molar refractivity (Wildman–Crippen MR) is 425 cm³/mol. The zero-order valence-corrected chi connectivity index (χ0v) is 65.0. The van der Waals surface area contributed by atoms with Crippen LogP contribution in [0.4, 0.5) is 17.1 Å². The van der Waals surface area contributed by atoms with Gasteiger partial charge in [-0.1, -0.05) is 232 Å². The minimum Gasteiger partial charge on any atom is -0.374 e. The van der Waals surface area contributed by atoms with Crippen molar-refractivity contribution in [3.63, 3.8) is 0 Å². The maximum Gasteiger partial charge on any atom is 0.329 e. The molecular formula is C84H108N10O6S2. The van der Waals surface area contributed by atoms with Gasteiger partial charge >= 0.3 is 5.69 Å². The van der Waals surface area contributed by atoms with Gasteiger partial charge in [0.1, 0.15) is 17.4 Å². The molecular weight excluding hydrogens is 1310 g/mol. The fraction of sp³-hybridized carbons (Fsp3) is 0.417. The Balaban J connectivity index is 0.000000211. The standard InChI is InChI=1S/C32H35N5O2.C32H41NO.C12H16N2O2S.C8H14N2OS.H2/c1-22(2)36(24-16-10-7-11-17-24)28(38)21-35-26-18-12-13-19-27(26)37-29(23-14-8-6-9-15-23)33-34-30(37)25(31(35)39)20-32(3,4)5;1-22(2)19-24-11-15-26(16-12-24)30(27-17-13-25(14-18-27)20-23(3)4)33-29-10-8-9-28(21-29)31(34)32(5,6)7;1-12(2,3)6-7-5-8-9(17-7)13-11(16)14(4)10(8)15;1-8(2,3)5-6(11)10(4)7(12)9-5;/h6-19,22,25H,20-21H2,1-5H3;8-18,21-23,30,33H,19-20H2,1-7H3;5H,6H2,1-4H3,(H,13,16);5H,1-4H3,(H,9,12);1H/i;;5D;;1+1D/hD. The lowest BCUT2D eigenvalue weighted by molar-refractivity contribution is -0.128. The fourth-order valence-electron chi connectivity index (χ4n) is 12.4. The molecule has 1 saturated heterocycles. The summed E-state index contributed by atoms with van der Waals surface area (Å²) in [4.78, 5) is 83.1. The van der Waals surface area contributed by atoms with Gasteiger partial charge in [0.25, 0.3) is 11.5 Å². The number of nitrogens with zero attached hydrogens (tertiary/aromatic N) is 7. The number of nitrogens with one attached hydrogen (secondary N) is 3. The number of amides is 3. The number of Topliss-reactive ketones (excluding diaryl/α,β-unsaturated/α-hetero) is 1. The number of fused-ring (bicyclic) bond motifs is 4. The highest BCUT2D eigenvalue weighted by atomic mass is 32.1. The summed E-state index contributed by atoms with van der Waals surface area (Å²) in [6, 6.07) is 53.0. The van der Waals surface area contributed by atoms with E-state index in [2.05, 4.69) is 118 Å². The van der Waals surface area contributed by atoms with E-state index in [4.69, 9.17) is 18.0 Å². The number of likely N-dealkylation sites (N-methyl/N-ethyl adjacent to an activating group) is 1. The molecule has 3 N–H and O–H groups in total. The maximum atomic E-state index is 14.4. The molecule has 0 bridgehead atoms. The van der Waals surface area contributed by atoms with Gasteiger partial charge < -0.3 is 20.4 Å². The van der Waals surface area contributed by atoms with Crippen molar-refractivity contribution in [2.75, 3.05) is 28.7 Å². The van der Waals surface area contributed by atoms with Gasteiger partial charge in [-0.25, -0.2) is 4.79 Å². The van der Waals surface area contributed by atoms with Crippen LogP contribution in [0.3, 0.4) is 0 Å². The second-order valence-electron chi connectivity index (χ2n) is 32.4. The molecule has 16 nitrogen and oxygen atoms in total. The summed E-state index contributed by atoms with van der Waals surface area (Å²) >= 11 is 6.15. The zero-order valence-electron chi connectivity index (χ0n) is 67.4. The fourth-order valence-corrected chi connectivity index (χ4v) is 13.9. The van der Waals surface area contributed by atoms with Crippen LogP contribution in [0.25, 0.3) is 27.3 Å². The second-order valence-corrected chi connectivity index (χ2v) is 33.9. The van der Waals surface area contributed by atoms with Crippen molar-refractivity contribution in [3.8, 4) is 17.1 Å². The van der Waals surface area contributed by atoms with E-state index in [0.717, 1.165) is 50.5 Å². The summed E-state index contributed by atoms with van der Waals surface area (Å²) in [7, 11) is 3.03. The molecule has 2 aliphatic rings. The van der Waals surface area contributed by atoms with Crippen LogP contribution < -0.4 is 31.7 Å². The SMILES string of the molecule is CC(C)Cc1ccc(C(Nc2cccc(C(=O)C(C)(C)C)c2)c2ccc(CC(C)C)cc2)cc1.CC(C)N(C(=O)CN1C(=O)C(CC(C)(C)C)c2nnc(-c3ccccc3)n2-c2ccccc21)c1ccccc1.CN1C(=O)C(C(C)(C)C)NC1=S.[2H][2H].[2H]c1c(CC(C)(C)C)sc2c1c(=O)n(C)c(=O)n2[2H]. The third-order valence-corrected chi connectivity index (χ3v) is 18.8. The quantitative estimate of drug-likeness (QED) is 0.0617. The molecule has 3 amide bonds. The largest absolute Gasteiger partial charge is 0.374 e. The van der Waals surface area contributed by atoms with E-state index in [1.54, 1.807) is 16.8 Å². The van der Waals surface area contributed by atoms with Gasteiger partial charge in [-0.2, -0.15) is 0 Å². The van der Waals surface area contributed by atoms with Crippen LogP contribution >= 0.6 is 23.6 Å². The van der Waals surface area contributed by atoms with Gasteiger partial charge in [-0.15, -0.1) is 21.5 Å². The number of anilines is 3. The van der Waals surface area contributed by atoms with Crippen LogP contribution in [0.15, 0.2) is 173 Å². The number of carbonyl (C=O) groups is 4. The predicted octanol–water partition coefficient (Wildman–Crippen LogP) is 17.6. The molecule has 2 unspecified atom stereocenters. The zero-order chi connectivity index (χ0) is 78.7. The van der Waals surface area contributed by atoms with Crippen LogP contribution in [0.2, 0.25) is 1.41 Å². The van der Waals surface area contributed by atoms with Gasteiger partial charge in [0.05, 0.1) is 30.1 Å². The normalized spacial score (nSPS) is 15.0. The Morgan fingerprint density at radius 3 is 1.74 bits per heavy atom. The molecule has 0 spiro atoms. The van der Waals surface area contributed by atoms with Crippen LogP contribution in [0.5, 0.6) is 0 Å². The van der Waals surface area contributed by atoms with Gasteiger partial charge in [0.15, 0.2) is 24.0 Å². The van der Waals surface area contributed by atoms with Crippen molar-refractivity contribution < 1.29 is 24.9 Å². The van der Waals surface area contributed by atoms with Gasteiger partial charge in [0, 0.05) is 55.9 Å². The lowest BCUT2D eigenvalue weighted by atomic mass is 9.83. The number of hydrogen-bond donors (Lipinski definition) is 3. The third-order valence-electron chi connectivity index (χ3n) is 17.4. The van der Waals surface area contributed by atoms with E-state index in [0.29, 0.717) is 52.1 Å². The topological polar surface area (TPSA) is 188 Å². The first-order valence-corrected chi connectivity index (χ1v) is 36.6.